The number of nitrogens with zero attached hydrogens (tertiary/aromatic N) is 2. The summed E-state index contributed by atoms with van der Waals surface area (Å²) < 4.78 is 0. The molecule has 8 heteroatoms. The molecule has 1 aromatic heterocycles. The van der Waals surface area contributed by atoms with Gasteiger partial charge in [-0.3, -0.25) is 19.3 Å². The van der Waals surface area contributed by atoms with E-state index in [1.807, 2.05) is 54.6 Å². The van der Waals surface area contributed by atoms with E-state index >= 15 is 0 Å². The van der Waals surface area contributed by atoms with Crippen LogP contribution in [0.15, 0.2) is 71.1 Å². The first-order valence-electron chi connectivity index (χ1n) is 8.70. The lowest BCUT2D eigenvalue weighted by molar-refractivity contribution is -0.127. The Morgan fingerprint density at radius 3 is 2.45 bits per heavy atom. The largest absolute Gasteiger partial charge is 0.300 e. The zero-order chi connectivity index (χ0) is 20.2. The fraction of sp³-hybridized carbons (Fsp3) is 0.0476. The molecule has 0 bridgehead atoms. The van der Waals surface area contributed by atoms with Crippen molar-refractivity contribution in [3.05, 3.63) is 76.6 Å². The van der Waals surface area contributed by atoms with Crippen molar-refractivity contribution in [2.75, 3.05) is 11.9 Å². The Bertz CT molecular complexity index is 1080. The summed E-state index contributed by atoms with van der Waals surface area (Å²) in [6, 6.07) is 17.7. The van der Waals surface area contributed by atoms with Gasteiger partial charge in [-0.15, -0.1) is 11.3 Å². The molecule has 144 valence electrons. The van der Waals surface area contributed by atoms with E-state index < -0.39 is 17.1 Å². The molecular formula is C21H15N3O3S2. The fourth-order valence-electron chi connectivity index (χ4n) is 2.78. The monoisotopic (exact) mass is 421 g/mol. The van der Waals surface area contributed by atoms with Crippen LogP contribution in [0.25, 0.3) is 17.2 Å². The fourth-order valence-corrected chi connectivity index (χ4v) is 4.16. The number of carbonyl (C=O) groups is 3. The van der Waals surface area contributed by atoms with Crippen LogP contribution in [0.3, 0.4) is 0 Å². The smallest absolute Gasteiger partial charge is 0.294 e. The van der Waals surface area contributed by atoms with E-state index in [0.29, 0.717) is 10.0 Å². The molecule has 0 aliphatic carbocycles. The third-order valence-electron chi connectivity index (χ3n) is 4.17. The first-order valence-corrected chi connectivity index (χ1v) is 10.4. The summed E-state index contributed by atoms with van der Waals surface area (Å²) >= 11 is 2.10. The summed E-state index contributed by atoms with van der Waals surface area (Å²) in [5.41, 5.74) is 2.97. The van der Waals surface area contributed by atoms with E-state index in [-0.39, 0.29) is 6.54 Å². The lowest BCUT2D eigenvalue weighted by atomic mass is 10.0. The van der Waals surface area contributed by atoms with Crippen LogP contribution in [0.2, 0.25) is 0 Å². The van der Waals surface area contributed by atoms with E-state index in [1.54, 1.807) is 17.7 Å². The molecule has 4 rings (SSSR count). The molecule has 2 aromatic carbocycles. The molecule has 1 N–H and O–H groups in total. The van der Waals surface area contributed by atoms with Crippen molar-refractivity contribution in [2.24, 2.45) is 0 Å². The van der Waals surface area contributed by atoms with E-state index in [0.717, 1.165) is 33.4 Å². The van der Waals surface area contributed by atoms with Gasteiger partial charge in [0.15, 0.2) is 5.13 Å². The first kappa shape index (κ1) is 19.1. The molecule has 0 atom stereocenters. The number of thiazole rings is 1. The normalized spacial score (nSPS) is 15.2. The molecule has 3 amide bonds. The van der Waals surface area contributed by atoms with Crippen LogP contribution in [0.1, 0.15) is 5.56 Å². The molecule has 0 unspecified atom stereocenters. The van der Waals surface area contributed by atoms with Gasteiger partial charge in [0.1, 0.15) is 6.54 Å². The van der Waals surface area contributed by atoms with Gasteiger partial charge in [-0.1, -0.05) is 54.6 Å². The van der Waals surface area contributed by atoms with Crippen molar-refractivity contribution in [1.29, 1.82) is 0 Å². The summed E-state index contributed by atoms with van der Waals surface area (Å²) in [5, 5.41) is 4.26. The number of hydrogen-bond acceptors (Lipinski definition) is 6. The highest BCUT2D eigenvalue weighted by Gasteiger charge is 2.36. The minimum Gasteiger partial charge on any atom is -0.300 e. The Kier molecular flexibility index (Phi) is 5.55. The van der Waals surface area contributed by atoms with E-state index in [2.05, 4.69) is 10.3 Å². The molecule has 29 heavy (non-hydrogen) atoms. The van der Waals surface area contributed by atoms with Gasteiger partial charge in [-0.25, -0.2) is 4.98 Å². The Balaban J connectivity index is 1.45. The number of carbonyl (C=O) groups excluding carboxylic acids is 3. The lowest BCUT2D eigenvalue weighted by Crippen LogP contribution is -2.36. The molecule has 1 aliphatic rings. The minimum atomic E-state index is -0.471. The predicted molar refractivity (Wildman–Crippen MR) is 115 cm³/mol. The zero-order valence-corrected chi connectivity index (χ0v) is 16.7. The molecule has 0 saturated carbocycles. The molecule has 3 aromatic rings. The van der Waals surface area contributed by atoms with Gasteiger partial charge >= 0.3 is 0 Å². The van der Waals surface area contributed by atoms with Crippen LogP contribution in [0.5, 0.6) is 0 Å². The van der Waals surface area contributed by atoms with E-state index in [9.17, 15) is 14.4 Å². The van der Waals surface area contributed by atoms with Crippen molar-refractivity contribution in [3.63, 3.8) is 0 Å². The van der Waals surface area contributed by atoms with Crippen LogP contribution < -0.4 is 5.32 Å². The number of rotatable bonds is 5. The number of aromatic nitrogens is 1. The number of nitrogens with one attached hydrogen (secondary N) is 1. The molecular weight excluding hydrogens is 406 g/mol. The van der Waals surface area contributed by atoms with Crippen molar-refractivity contribution in [3.8, 4) is 11.1 Å². The van der Waals surface area contributed by atoms with Crippen LogP contribution in [-0.2, 0) is 9.59 Å². The average Bonchev–Trinajstić information content (AvgIpc) is 3.33. The maximum Gasteiger partial charge on any atom is 0.294 e. The lowest BCUT2D eigenvalue weighted by Gasteiger charge is -2.11. The van der Waals surface area contributed by atoms with Gasteiger partial charge in [0.05, 0.1) is 4.91 Å². The molecule has 1 saturated heterocycles. The Hall–Kier alpha value is -3.23. The number of thioether (sulfide) groups is 1. The molecule has 1 fully saturated rings. The van der Waals surface area contributed by atoms with Crippen LogP contribution in [0.4, 0.5) is 9.93 Å². The topological polar surface area (TPSA) is 79.4 Å². The van der Waals surface area contributed by atoms with E-state index in [1.165, 1.54) is 11.3 Å². The van der Waals surface area contributed by atoms with Gasteiger partial charge in [0.2, 0.25) is 5.91 Å². The maximum atomic E-state index is 12.6. The molecule has 2 heterocycles. The second-order valence-electron chi connectivity index (χ2n) is 6.14. The second-order valence-corrected chi connectivity index (χ2v) is 8.03. The van der Waals surface area contributed by atoms with E-state index in [4.69, 9.17) is 0 Å². The van der Waals surface area contributed by atoms with Crippen molar-refractivity contribution >= 4 is 51.4 Å². The van der Waals surface area contributed by atoms with Gasteiger partial charge in [-0.05, 0) is 34.5 Å². The first-order chi connectivity index (χ1) is 14.1. The summed E-state index contributed by atoms with van der Waals surface area (Å²) in [4.78, 5) is 42.0. The number of imide groups is 1. The van der Waals surface area contributed by atoms with Crippen molar-refractivity contribution < 1.29 is 14.4 Å². The number of amides is 3. The molecule has 1 aliphatic heterocycles. The average molecular weight is 422 g/mol. The predicted octanol–water partition coefficient (Wildman–Crippen LogP) is 4.49. The summed E-state index contributed by atoms with van der Waals surface area (Å²) in [5.74, 6) is -0.933. The third-order valence-corrected chi connectivity index (χ3v) is 5.77. The van der Waals surface area contributed by atoms with Crippen molar-refractivity contribution in [1.82, 2.24) is 9.88 Å². The summed E-state index contributed by atoms with van der Waals surface area (Å²) in [7, 11) is 0. The van der Waals surface area contributed by atoms with Crippen LogP contribution >= 0.6 is 23.1 Å². The number of benzene rings is 2. The van der Waals surface area contributed by atoms with Gasteiger partial charge in [-0.2, -0.15) is 0 Å². The van der Waals surface area contributed by atoms with Crippen LogP contribution in [-0.4, -0.2) is 33.5 Å². The SMILES string of the molecule is O=C(CN1C(=O)S/C(=C\c2ccc(-c3ccccc3)cc2)C1=O)Nc1nccs1. The third kappa shape index (κ3) is 4.44. The quantitative estimate of drug-likeness (QED) is 0.614. The van der Waals surface area contributed by atoms with Crippen LogP contribution in [0, 0.1) is 0 Å². The number of anilines is 1. The second kappa shape index (κ2) is 8.42. The maximum absolute atomic E-state index is 12.6. The number of hydrogen-bond donors (Lipinski definition) is 1. The molecule has 0 spiro atoms. The van der Waals surface area contributed by atoms with Gasteiger partial charge in [0, 0.05) is 11.6 Å². The standard InChI is InChI=1S/C21H15N3O3S2/c25-18(23-20-22-10-11-28-20)13-24-19(26)17(29-21(24)27)12-14-6-8-16(9-7-14)15-4-2-1-3-5-15/h1-12H,13H2,(H,22,23,25)/b17-12-. The minimum absolute atomic E-state index is 0.296. The Morgan fingerprint density at radius 1 is 1.03 bits per heavy atom. The highest BCUT2D eigenvalue weighted by atomic mass is 32.2. The van der Waals surface area contributed by atoms with Gasteiger partial charge in [0.25, 0.3) is 11.1 Å². The zero-order valence-electron chi connectivity index (χ0n) is 15.1. The van der Waals surface area contributed by atoms with Crippen molar-refractivity contribution in [2.45, 2.75) is 0 Å². The molecule has 0 radical (unpaired) electrons. The Labute approximate surface area is 175 Å². The van der Waals surface area contributed by atoms with Gasteiger partial charge < -0.3 is 5.32 Å². The highest BCUT2D eigenvalue weighted by molar-refractivity contribution is 8.18. The summed E-state index contributed by atoms with van der Waals surface area (Å²) in [6.45, 7) is -0.339. The highest BCUT2D eigenvalue weighted by Crippen LogP contribution is 2.32. The summed E-state index contributed by atoms with van der Waals surface area (Å²) in [6.07, 6.45) is 3.23. The Morgan fingerprint density at radius 2 is 1.76 bits per heavy atom. The molecule has 6 nitrogen and oxygen atoms in total.